The van der Waals surface area contributed by atoms with E-state index in [9.17, 15) is 4.79 Å². The molecule has 1 aromatic carbocycles. The molecule has 2 saturated carbocycles. The van der Waals surface area contributed by atoms with E-state index in [2.05, 4.69) is 10.3 Å². The normalized spacial score (nSPS) is 16.3. The summed E-state index contributed by atoms with van der Waals surface area (Å²) in [5, 5.41) is 2.97. The van der Waals surface area contributed by atoms with Crippen LogP contribution in [-0.2, 0) is 11.3 Å². The molecule has 1 amide bonds. The van der Waals surface area contributed by atoms with Crippen molar-refractivity contribution in [2.75, 3.05) is 11.9 Å². The topological polar surface area (TPSA) is 56.1 Å². The molecule has 130 valence electrons. The Morgan fingerprint density at radius 1 is 1.28 bits per heavy atom. The van der Waals surface area contributed by atoms with Gasteiger partial charge in [0.1, 0.15) is 12.4 Å². The van der Waals surface area contributed by atoms with Crippen LogP contribution < -0.4 is 10.1 Å². The predicted molar refractivity (Wildman–Crippen MR) is 96.3 cm³/mol. The van der Waals surface area contributed by atoms with Gasteiger partial charge in [0.25, 0.3) is 0 Å². The maximum absolute atomic E-state index is 12.3. The molecule has 0 radical (unpaired) electrons. The van der Waals surface area contributed by atoms with Crippen LogP contribution in [0.5, 0.6) is 5.75 Å². The van der Waals surface area contributed by atoms with E-state index in [1.807, 2.05) is 41.1 Å². The standard InChI is InChI=1S/C20H23N3O2/c24-20(13-19(15-4-5-15)16-6-7-16)22-17-2-1-3-18(12-17)25-11-10-23-9-8-21-14-23/h1-3,8-9,12-16H,4-7,10-11H2,(H,22,24). The summed E-state index contributed by atoms with van der Waals surface area (Å²) in [6.07, 6.45) is 12.2. The first-order valence-electron chi connectivity index (χ1n) is 8.99. The monoisotopic (exact) mass is 337 g/mol. The average Bonchev–Trinajstić information content (AvgIpc) is 3.53. The van der Waals surface area contributed by atoms with Gasteiger partial charge in [-0.1, -0.05) is 11.6 Å². The molecular formula is C20H23N3O2. The van der Waals surface area contributed by atoms with Crippen LogP contribution in [-0.4, -0.2) is 22.1 Å². The van der Waals surface area contributed by atoms with Gasteiger partial charge in [-0.25, -0.2) is 4.98 Å². The summed E-state index contributed by atoms with van der Waals surface area (Å²) < 4.78 is 7.73. The van der Waals surface area contributed by atoms with Gasteiger partial charge < -0.3 is 14.6 Å². The number of rotatable bonds is 8. The highest BCUT2D eigenvalue weighted by Gasteiger charge is 2.36. The number of anilines is 1. The maximum Gasteiger partial charge on any atom is 0.248 e. The van der Waals surface area contributed by atoms with Crippen molar-refractivity contribution in [2.45, 2.75) is 32.2 Å². The van der Waals surface area contributed by atoms with Crippen molar-refractivity contribution in [1.29, 1.82) is 0 Å². The molecule has 0 unspecified atom stereocenters. The SMILES string of the molecule is O=C(C=C(C1CC1)C1CC1)Nc1cccc(OCCn2ccnc2)c1. The molecule has 4 rings (SSSR count). The van der Waals surface area contributed by atoms with Gasteiger partial charge in [0, 0.05) is 30.2 Å². The third-order valence-electron chi connectivity index (χ3n) is 4.67. The lowest BCUT2D eigenvalue weighted by atomic mass is 10.1. The lowest BCUT2D eigenvalue weighted by Gasteiger charge is -2.09. The average molecular weight is 337 g/mol. The molecule has 25 heavy (non-hydrogen) atoms. The van der Waals surface area contributed by atoms with E-state index in [0.717, 1.165) is 18.0 Å². The molecule has 2 fully saturated rings. The molecule has 0 saturated heterocycles. The molecule has 0 aliphatic heterocycles. The molecule has 5 heteroatoms. The first-order valence-corrected chi connectivity index (χ1v) is 8.99. The fourth-order valence-corrected chi connectivity index (χ4v) is 3.08. The summed E-state index contributed by atoms with van der Waals surface area (Å²) >= 11 is 0. The van der Waals surface area contributed by atoms with Crippen molar-refractivity contribution in [3.05, 3.63) is 54.6 Å². The van der Waals surface area contributed by atoms with Gasteiger partial charge in [0.05, 0.1) is 12.9 Å². The number of aromatic nitrogens is 2. The number of amides is 1. The highest BCUT2D eigenvalue weighted by atomic mass is 16.5. The Morgan fingerprint density at radius 2 is 2.08 bits per heavy atom. The van der Waals surface area contributed by atoms with E-state index in [1.54, 1.807) is 12.5 Å². The Hall–Kier alpha value is -2.56. The van der Waals surface area contributed by atoms with E-state index < -0.39 is 0 Å². The largest absolute Gasteiger partial charge is 0.492 e. The van der Waals surface area contributed by atoms with E-state index >= 15 is 0 Å². The van der Waals surface area contributed by atoms with Crippen LogP contribution in [0.15, 0.2) is 54.6 Å². The summed E-state index contributed by atoms with van der Waals surface area (Å²) in [6, 6.07) is 7.56. The van der Waals surface area contributed by atoms with Gasteiger partial charge in [-0.3, -0.25) is 4.79 Å². The van der Waals surface area contributed by atoms with Crippen LogP contribution in [0.25, 0.3) is 0 Å². The number of allylic oxidation sites excluding steroid dienone is 1. The minimum Gasteiger partial charge on any atom is -0.492 e. The molecule has 0 bridgehead atoms. The highest BCUT2D eigenvalue weighted by molar-refractivity contribution is 6.00. The van der Waals surface area contributed by atoms with Crippen LogP contribution in [0.4, 0.5) is 5.69 Å². The molecular weight excluding hydrogens is 314 g/mol. The van der Waals surface area contributed by atoms with Crippen molar-refractivity contribution in [2.24, 2.45) is 11.8 Å². The molecule has 2 aliphatic carbocycles. The van der Waals surface area contributed by atoms with E-state index in [-0.39, 0.29) is 5.91 Å². The van der Waals surface area contributed by atoms with Crippen LogP contribution >= 0.6 is 0 Å². The molecule has 1 heterocycles. The van der Waals surface area contributed by atoms with Crippen LogP contribution in [0.1, 0.15) is 25.7 Å². The number of hydrogen-bond donors (Lipinski definition) is 1. The number of hydrogen-bond acceptors (Lipinski definition) is 3. The Labute approximate surface area is 147 Å². The first kappa shape index (κ1) is 15.9. The Kier molecular flexibility index (Phi) is 4.55. The van der Waals surface area contributed by atoms with Gasteiger partial charge in [0.15, 0.2) is 0 Å². The quantitative estimate of drug-likeness (QED) is 0.748. The number of nitrogens with one attached hydrogen (secondary N) is 1. The number of carbonyl (C=O) groups excluding carboxylic acids is 1. The molecule has 0 atom stereocenters. The molecule has 1 N–H and O–H groups in total. The Morgan fingerprint density at radius 3 is 2.76 bits per heavy atom. The molecule has 0 spiro atoms. The van der Waals surface area contributed by atoms with Gasteiger partial charge in [-0.05, 0) is 49.7 Å². The number of ether oxygens (including phenoxy) is 1. The summed E-state index contributed by atoms with van der Waals surface area (Å²) in [5.74, 6) is 2.06. The van der Waals surface area contributed by atoms with Gasteiger partial charge in [0.2, 0.25) is 5.91 Å². The maximum atomic E-state index is 12.3. The second-order valence-electron chi connectivity index (χ2n) is 6.86. The zero-order valence-corrected chi connectivity index (χ0v) is 14.2. The Balaban J connectivity index is 1.32. The van der Waals surface area contributed by atoms with E-state index in [1.165, 1.54) is 31.3 Å². The lowest BCUT2D eigenvalue weighted by molar-refractivity contribution is -0.112. The van der Waals surface area contributed by atoms with Gasteiger partial charge >= 0.3 is 0 Å². The minimum absolute atomic E-state index is 0.0237. The fraction of sp³-hybridized carbons (Fsp3) is 0.400. The molecule has 2 aliphatic rings. The third kappa shape index (κ3) is 4.50. The van der Waals surface area contributed by atoms with Crippen molar-refractivity contribution >= 4 is 11.6 Å². The second kappa shape index (κ2) is 7.13. The predicted octanol–water partition coefficient (Wildman–Crippen LogP) is 3.65. The lowest BCUT2D eigenvalue weighted by Crippen LogP contribution is -2.10. The summed E-state index contributed by atoms with van der Waals surface area (Å²) in [5.41, 5.74) is 2.14. The smallest absolute Gasteiger partial charge is 0.248 e. The van der Waals surface area contributed by atoms with Gasteiger partial charge in [-0.2, -0.15) is 0 Å². The number of nitrogens with zero attached hydrogens (tertiary/aromatic N) is 2. The fourth-order valence-electron chi connectivity index (χ4n) is 3.08. The molecule has 2 aromatic rings. The minimum atomic E-state index is -0.0237. The van der Waals surface area contributed by atoms with E-state index in [4.69, 9.17) is 4.74 Å². The summed E-state index contributed by atoms with van der Waals surface area (Å²) in [7, 11) is 0. The van der Waals surface area contributed by atoms with Crippen LogP contribution in [0, 0.1) is 11.8 Å². The van der Waals surface area contributed by atoms with Crippen molar-refractivity contribution < 1.29 is 9.53 Å². The summed E-state index contributed by atoms with van der Waals surface area (Å²) in [6.45, 7) is 1.30. The van der Waals surface area contributed by atoms with Crippen molar-refractivity contribution in [3.8, 4) is 5.75 Å². The number of carbonyl (C=O) groups is 1. The van der Waals surface area contributed by atoms with Crippen molar-refractivity contribution in [3.63, 3.8) is 0 Å². The zero-order valence-electron chi connectivity index (χ0n) is 14.2. The van der Waals surface area contributed by atoms with Gasteiger partial charge in [-0.15, -0.1) is 0 Å². The first-order chi connectivity index (χ1) is 12.3. The summed E-state index contributed by atoms with van der Waals surface area (Å²) in [4.78, 5) is 16.3. The van der Waals surface area contributed by atoms with Crippen LogP contribution in [0.2, 0.25) is 0 Å². The van der Waals surface area contributed by atoms with E-state index in [0.29, 0.717) is 18.4 Å². The zero-order chi connectivity index (χ0) is 17.1. The number of imidazole rings is 1. The van der Waals surface area contributed by atoms with Crippen LogP contribution in [0.3, 0.4) is 0 Å². The Bertz CT molecular complexity index is 745. The van der Waals surface area contributed by atoms with Crippen molar-refractivity contribution in [1.82, 2.24) is 9.55 Å². The third-order valence-corrected chi connectivity index (χ3v) is 4.67. The highest BCUT2D eigenvalue weighted by Crippen LogP contribution is 2.48. The second-order valence-corrected chi connectivity index (χ2v) is 6.86. The molecule has 5 nitrogen and oxygen atoms in total. The molecule has 1 aromatic heterocycles. The number of benzene rings is 1.